The maximum absolute atomic E-state index is 12.7. The number of hydrogen-bond acceptors (Lipinski definition) is 2. The highest BCUT2D eigenvalue weighted by Crippen LogP contribution is 2.53. The van der Waals surface area contributed by atoms with Crippen LogP contribution in [-0.2, 0) is 9.59 Å². The Kier molecular flexibility index (Phi) is 2.27. The number of aryl methyl sites for hydroxylation is 1. The largest absolute Gasteiger partial charge is 0.274 e. The van der Waals surface area contributed by atoms with Crippen LogP contribution in [0.3, 0.4) is 0 Å². The van der Waals surface area contributed by atoms with Gasteiger partial charge in [0.15, 0.2) is 0 Å². The van der Waals surface area contributed by atoms with Gasteiger partial charge in [-0.05, 0) is 49.3 Å². The monoisotopic (exact) mass is 267 g/mol. The molecule has 2 fully saturated rings. The molecular weight excluding hydrogens is 250 g/mol. The van der Waals surface area contributed by atoms with Crippen molar-refractivity contribution in [1.82, 2.24) is 0 Å². The fourth-order valence-electron chi connectivity index (χ4n) is 4.12. The van der Waals surface area contributed by atoms with Crippen LogP contribution in [0, 0.1) is 37.5 Å². The molecule has 0 spiro atoms. The maximum Gasteiger partial charge on any atom is 0.238 e. The highest BCUT2D eigenvalue weighted by molar-refractivity contribution is 6.23. The zero-order chi connectivity index (χ0) is 14.0. The van der Waals surface area contributed by atoms with Crippen molar-refractivity contribution in [3.8, 4) is 0 Å². The number of imide groups is 1. The van der Waals surface area contributed by atoms with Crippen LogP contribution >= 0.6 is 0 Å². The van der Waals surface area contributed by atoms with Crippen molar-refractivity contribution in [2.75, 3.05) is 4.90 Å². The molecule has 1 saturated heterocycles. The molecule has 0 radical (unpaired) electrons. The topological polar surface area (TPSA) is 37.4 Å². The molecule has 2 aliphatic carbocycles. The van der Waals surface area contributed by atoms with Gasteiger partial charge >= 0.3 is 0 Å². The van der Waals surface area contributed by atoms with Crippen LogP contribution in [0.5, 0.6) is 0 Å². The summed E-state index contributed by atoms with van der Waals surface area (Å²) in [5.41, 5.74) is 2.91. The Hall–Kier alpha value is -1.90. The summed E-state index contributed by atoms with van der Waals surface area (Å²) in [5.74, 6) is 0.332. The molecule has 3 aliphatic rings. The number of nitrogens with zero attached hydrogens (tertiary/aromatic N) is 1. The van der Waals surface area contributed by atoms with E-state index in [4.69, 9.17) is 0 Å². The van der Waals surface area contributed by atoms with Gasteiger partial charge in [-0.1, -0.05) is 24.3 Å². The standard InChI is InChI=1S/C17H17NO2/c1-9-4-3-5-13(10(9)2)18-16(19)14-11-6-7-12(8-11)15(14)17(18)20/h3-7,11-12,14-15H,8H2,1-2H3/t11-,12-,14-,15+/m1/s1. The van der Waals surface area contributed by atoms with Gasteiger partial charge in [0.2, 0.25) is 11.8 Å². The van der Waals surface area contributed by atoms with Gasteiger partial charge in [0.1, 0.15) is 0 Å². The number of anilines is 1. The molecule has 3 heteroatoms. The summed E-state index contributed by atoms with van der Waals surface area (Å²) in [5, 5.41) is 0. The van der Waals surface area contributed by atoms with Crippen LogP contribution in [0.2, 0.25) is 0 Å². The summed E-state index contributed by atoms with van der Waals surface area (Å²) in [6.07, 6.45) is 5.24. The molecule has 3 nitrogen and oxygen atoms in total. The van der Waals surface area contributed by atoms with Gasteiger partial charge < -0.3 is 0 Å². The first-order chi connectivity index (χ1) is 9.59. The van der Waals surface area contributed by atoms with Gasteiger partial charge in [0, 0.05) is 0 Å². The van der Waals surface area contributed by atoms with E-state index in [9.17, 15) is 9.59 Å². The lowest BCUT2D eigenvalue weighted by molar-refractivity contribution is -0.123. The number of allylic oxidation sites excluding steroid dienone is 2. The molecule has 1 saturated carbocycles. The van der Waals surface area contributed by atoms with Gasteiger partial charge in [-0.2, -0.15) is 0 Å². The van der Waals surface area contributed by atoms with Gasteiger partial charge in [-0.15, -0.1) is 0 Å². The number of rotatable bonds is 1. The van der Waals surface area contributed by atoms with E-state index in [-0.39, 0.29) is 35.5 Å². The number of hydrogen-bond donors (Lipinski definition) is 0. The van der Waals surface area contributed by atoms with Crippen molar-refractivity contribution in [2.45, 2.75) is 20.3 Å². The fraction of sp³-hybridized carbons (Fsp3) is 0.412. The Balaban J connectivity index is 1.80. The van der Waals surface area contributed by atoms with Crippen LogP contribution in [0.25, 0.3) is 0 Å². The Morgan fingerprint density at radius 1 is 1.00 bits per heavy atom. The van der Waals surface area contributed by atoms with Crippen LogP contribution in [-0.4, -0.2) is 11.8 Å². The molecule has 0 aromatic heterocycles. The van der Waals surface area contributed by atoms with E-state index in [0.717, 1.165) is 23.2 Å². The Labute approximate surface area is 118 Å². The molecule has 2 amide bonds. The third-order valence-corrected chi connectivity index (χ3v) is 5.29. The van der Waals surface area contributed by atoms with Crippen LogP contribution in [0.1, 0.15) is 17.5 Å². The second-order valence-corrected chi connectivity index (χ2v) is 6.23. The number of fused-ring (bicyclic) bond motifs is 5. The first-order valence-electron chi connectivity index (χ1n) is 7.22. The van der Waals surface area contributed by atoms with E-state index < -0.39 is 0 Å². The highest BCUT2D eigenvalue weighted by atomic mass is 16.2. The lowest BCUT2D eigenvalue weighted by atomic mass is 9.85. The van der Waals surface area contributed by atoms with Crippen molar-refractivity contribution in [1.29, 1.82) is 0 Å². The summed E-state index contributed by atoms with van der Waals surface area (Å²) >= 11 is 0. The molecule has 0 N–H and O–H groups in total. The average Bonchev–Trinajstić information content (AvgIpc) is 3.09. The Morgan fingerprint density at radius 2 is 1.60 bits per heavy atom. The van der Waals surface area contributed by atoms with Crippen molar-refractivity contribution >= 4 is 17.5 Å². The summed E-state index contributed by atoms with van der Waals surface area (Å²) < 4.78 is 0. The van der Waals surface area contributed by atoms with Crippen molar-refractivity contribution in [3.05, 3.63) is 41.5 Å². The Morgan fingerprint density at radius 3 is 2.20 bits per heavy atom. The van der Waals surface area contributed by atoms with Gasteiger partial charge in [-0.3, -0.25) is 9.59 Å². The third kappa shape index (κ3) is 1.30. The lowest BCUT2D eigenvalue weighted by Gasteiger charge is -2.20. The fourth-order valence-corrected chi connectivity index (χ4v) is 4.12. The normalized spacial score (nSPS) is 34.2. The molecule has 20 heavy (non-hydrogen) atoms. The van der Waals surface area contributed by atoms with E-state index in [1.165, 1.54) is 4.90 Å². The predicted molar refractivity (Wildman–Crippen MR) is 76.1 cm³/mol. The van der Waals surface area contributed by atoms with E-state index in [2.05, 4.69) is 12.2 Å². The first-order valence-corrected chi connectivity index (χ1v) is 7.22. The summed E-state index contributed by atoms with van der Waals surface area (Å²) in [7, 11) is 0. The van der Waals surface area contributed by atoms with E-state index in [1.54, 1.807) is 0 Å². The van der Waals surface area contributed by atoms with E-state index >= 15 is 0 Å². The zero-order valence-electron chi connectivity index (χ0n) is 11.7. The maximum atomic E-state index is 12.7. The molecule has 2 bridgehead atoms. The molecular formula is C17H17NO2. The van der Waals surface area contributed by atoms with Gasteiger partial charge in [-0.25, -0.2) is 4.90 Å². The zero-order valence-corrected chi connectivity index (χ0v) is 11.7. The van der Waals surface area contributed by atoms with Crippen molar-refractivity contribution < 1.29 is 9.59 Å². The van der Waals surface area contributed by atoms with Crippen molar-refractivity contribution in [2.24, 2.45) is 23.7 Å². The molecule has 4 atom stereocenters. The van der Waals surface area contributed by atoms with E-state index in [0.29, 0.717) is 0 Å². The molecule has 1 aromatic rings. The molecule has 0 unspecified atom stereocenters. The summed E-state index contributed by atoms with van der Waals surface area (Å²) in [4.78, 5) is 26.9. The average molecular weight is 267 g/mol. The number of carbonyl (C=O) groups is 2. The summed E-state index contributed by atoms with van der Waals surface area (Å²) in [6, 6.07) is 5.81. The van der Waals surface area contributed by atoms with Crippen LogP contribution in [0.4, 0.5) is 5.69 Å². The summed E-state index contributed by atoms with van der Waals surface area (Å²) in [6.45, 7) is 3.99. The Bertz CT molecular complexity index is 631. The highest BCUT2D eigenvalue weighted by Gasteiger charge is 2.59. The number of benzene rings is 1. The number of amides is 2. The molecule has 102 valence electrons. The molecule has 1 aliphatic heterocycles. The van der Waals surface area contributed by atoms with Crippen molar-refractivity contribution in [3.63, 3.8) is 0 Å². The molecule has 1 aromatic carbocycles. The SMILES string of the molecule is Cc1cccc(N2C(=O)[C@@H]3[C@H](C2=O)[C@@H]2C=C[C@@H]3C2)c1C. The minimum Gasteiger partial charge on any atom is -0.274 e. The third-order valence-electron chi connectivity index (χ3n) is 5.29. The van der Waals surface area contributed by atoms with E-state index in [1.807, 2.05) is 32.0 Å². The lowest BCUT2D eigenvalue weighted by Crippen LogP contribution is -2.33. The smallest absolute Gasteiger partial charge is 0.238 e. The molecule has 1 heterocycles. The minimum absolute atomic E-state index is 0.00514. The second kappa shape index (κ2) is 3.81. The predicted octanol–water partition coefficient (Wildman–Crippen LogP) is 2.61. The second-order valence-electron chi connectivity index (χ2n) is 6.23. The minimum atomic E-state index is -0.114. The van der Waals surface area contributed by atoms with Gasteiger partial charge in [0.05, 0.1) is 17.5 Å². The van der Waals surface area contributed by atoms with Gasteiger partial charge in [0.25, 0.3) is 0 Å². The van der Waals surface area contributed by atoms with Crippen LogP contribution in [0.15, 0.2) is 30.4 Å². The van der Waals surface area contributed by atoms with Crippen LogP contribution < -0.4 is 4.90 Å². The molecule has 4 rings (SSSR count). The first kappa shape index (κ1) is 11.9. The number of carbonyl (C=O) groups excluding carboxylic acids is 2. The quantitative estimate of drug-likeness (QED) is 0.579.